The number of thiazole rings is 1. The molecular formula is C6H7NO2S. The zero-order valence-electron chi connectivity index (χ0n) is 5.28. The fourth-order valence-electron chi connectivity index (χ4n) is 0.973. The van der Waals surface area contributed by atoms with Crippen LogP contribution in [-0.4, -0.2) is 16.7 Å². The predicted molar refractivity (Wildman–Crippen MR) is 37.2 cm³/mol. The summed E-state index contributed by atoms with van der Waals surface area (Å²) in [5.41, 5.74) is 1.69. The van der Waals surface area contributed by atoms with Crippen molar-refractivity contribution in [1.29, 1.82) is 0 Å². The molecule has 0 saturated carbocycles. The summed E-state index contributed by atoms with van der Waals surface area (Å²) in [7, 11) is 0. The number of ether oxygens (including phenoxy) is 1. The molecule has 0 aliphatic carbocycles. The molecule has 0 aromatic carbocycles. The highest BCUT2D eigenvalue weighted by Crippen LogP contribution is 2.33. The molecule has 0 fully saturated rings. The van der Waals surface area contributed by atoms with Crippen molar-refractivity contribution in [1.82, 2.24) is 4.98 Å². The van der Waals surface area contributed by atoms with Crippen molar-refractivity contribution in [2.24, 2.45) is 0 Å². The van der Waals surface area contributed by atoms with Gasteiger partial charge >= 0.3 is 0 Å². The number of hydrogen-bond acceptors (Lipinski definition) is 4. The van der Waals surface area contributed by atoms with E-state index in [-0.39, 0.29) is 6.10 Å². The van der Waals surface area contributed by atoms with Gasteiger partial charge in [-0.15, -0.1) is 11.3 Å². The molecule has 0 amide bonds. The first-order chi connectivity index (χ1) is 4.88. The molecular weight excluding hydrogens is 150 g/mol. The smallest absolute Gasteiger partial charge is 0.230 e. The van der Waals surface area contributed by atoms with Crippen LogP contribution >= 0.6 is 11.3 Å². The highest BCUT2D eigenvalue weighted by atomic mass is 32.1. The molecule has 10 heavy (non-hydrogen) atoms. The molecule has 1 unspecified atom stereocenters. The van der Waals surface area contributed by atoms with E-state index in [9.17, 15) is 5.11 Å². The lowest BCUT2D eigenvalue weighted by Crippen LogP contribution is -2.11. The van der Waals surface area contributed by atoms with Crippen molar-refractivity contribution in [2.45, 2.75) is 12.5 Å². The van der Waals surface area contributed by atoms with Crippen LogP contribution in [0.1, 0.15) is 17.4 Å². The number of rotatable bonds is 0. The third-order valence-corrected chi connectivity index (χ3v) is 2.40. The largest absolute Gasteiger partial charge is 0.477 e. The van der Waals surface area contributed by atoms with E-state index >= 15 is 0 Å². The average molecular weight is 157 g/mol. The Hall–Kier alpha value is -0.610. The molecule has 1 aliphatic heterocycles. The second-order valence-electron chi connectivity index (χ2n) is 2.17. The maximum Gasteiger partial charge on any atom is 0.230 e. The topological polar surface area (TPSA) is 42.4 Å². The molecule has 1 atom stereocenters. The third kappa shape index (κ3) is 0.803. The van der Waals surface area contributed by atoms with Gasteiger partial charge in [-0.25, -0.2) is 4.98 Å². The molecule has 2 heterocycles. The zero-order chi connectivity index (χ0) is 6.97. The van der Waals surface area contributed by atoms with E-state index in [1.54, 1.807) is 5.51 Å². The van der Waals surface area contributed by atoms with Crippen molar-refractivity contribution in [3.63, 3.8) is 0 Å². The summed E-state index contributed by atoms with van der Waals surface area (Å²) >= 11 is 1.45. The Morgan fingerprint density at radius 2 is 2.70 bits per heavy atom. The Labute approximate surface area is 62.3 Å². The standard InChI is InChI=1S/C6H7NO2S/c8-4-1-2-9-6-5(4)10-3-7-6/h3-4,8H,1-2H2. The van der Waals surface area contributed by atoms with Crippen LogP contribution in [0.25, 0.3) is 0 Å². The minimum Gasteiger partial charge on any atom is -0.477 e. The Morgan fingerprint density at radius 3 is 3.50 bits per heavy atom. The molecule has 2 rings (SSSR count). The van der Waals surface area contributed by atoms with Crippen molar-refractivity contribution >= 4 is 11.3 Å². The van der Waals surface area contributed by atoms with E-state index in [2.05, 4.69) is 4.98 Å². The van der Waals surface area contributed by atoms with Crippen molar-refractivity contribution in [3.05, 3.63) is 10.4 Å². The minimum atomic E-state index is -0.351. The lowest BCUT2D eigenvalue weighted by Gasteiger charge is -2.16. The van der Waals surface area contributed by atoms with Gasteiger partial charge in [-0.3, -0.25) is 0 Å². The van der Waals surface area contributed by atoms with Crippen molar-refractivity contribution in [3.8, 4) is 5.88 Å². The number of aliphatic hydroxyl groups is 1. The maximum absolute atomic E-state index is 9.34. The highest BCUT2D eigenvalue weighted by Gasteiger charge is 2.21. The quantitative estimate of drug-likeness (QED) is 0.610. The predicted octanol–water partition coefficient (Wildman–Crippen LogP) is 0.959. The van der Waals surface area contributed by atoms with Crippen LogP contribution in [-0.2, 0) is 0 Å². The summed E-state index contributed by atoms with van der Waals surface area (Å²) in [6.45, 7) is 0.581. The van der Waals surface area contributed by atoms with Gasteiger partial charge in [-0.2, -0.15) is 0 Å². The van der Waals surface area contributed by atoms with Crippen LogP contribution in [0.3, 0.4) is 0 Å². The lowest BCUT2D eigenvalue weighted by atomic mass is 10.2. The normalized spacial score (nSPS) is 23.5. The van der Waals surface area contributed by atoms with Gasteiger partial charge in [-0.05, 0) is 0 Å². The fraction of sp³-hybridized carbons (Fsp3) is 0.500. The minimum absolute atomic E-state index is 0.351. The molecule has 1 aromatic heterocycles. The molecule has 3 nitrogen and oxygen atoms in total. The molecule has 0 bridgehead atoms. The average Bonchev–Trinajstić information content (AvgIpc) is 2.36. The molecule has 0 radical (unpaired) electrons. The van der Waals surface area contributed by atoms with Crippen LogP contribution in [0, 0.1) is 0 Å². The van der Waals surface area contributed by atoms with E-state index in [0.29, 0.717) is 18.9 Å². The molecule has 0 spiro atoms. The number of aliphatic hydroxyl groups excluding tert-OH is 1. The van der Waals surface area contributed by atoms with Gasteiger partial charge in [0.25, 0.3) is 0 Å². The summed E-state index contributed by atoms with van der Waals surface area (Å²) in [5, 5.41) is 9.34. The van der Waals surface area contributed by atoms with Gasteiger partial charge in [-0.1, -0.05) is 0 Å². The Balaban J connectivity index is 2.41. The second kappa shape index (κ2) is 2.21. The van der Waals surface area contributed by atoms with Crippen molar-refractivity contribution in [2.75, 3.05) is 6.61 Å². The first kappa shape index (κ1) is 6.12. The van der Waals surface area contributed by atoms with Gasteiger partial charge in [0.05, 0.1) is 23.1 Å². The number of nitrogens with zero attached hydrogens (tertiary/aromatic N) is 1. The first-order valence-corrected chi connectivity index (χ1v) is 4.00. The molecule has 1 aromatic rings. The van der Waals surface area contributed by atoms with Gasteiger partial charge in [0, 0.05) is 6.42 Å². The van der Waals surface area contributed by atoms with Crippen LogP contribution in [0.4, 0.5) is 0 Å². The third-order valence-electron chi connectivity index (χ3n) is 1.49. The SMILES string of the molecule is OC1CCOc2ncsc21. The van der Waals surface area contributed by atoms with Crippen LogP contribution in [0.5, 0.6) is 5.88 Å². The molecule has 54 valence electrons. The zero-order valence-corrected chi connectivity index (χ0v) is 6.10. The summed E-state index contributed by atoms with van der Waals surface area (Å²) < 4.78 is 5.17. The van der Waals surface area contributed by atoms with E-state index in [1.807, 2.05) is 0 Å². The van der Waals surface area contributed by atoms with Gasteiger partial charge < -0.3 is 9.84 Å². The molecule has 1 aliphatic rings. The molecule has 1 N–H and O–H groups in total. The summed E-state index contributed by atoms with van der Waals surface area (Å²) in [5.74, 6) is 0.615. The highest BCUT2D eigenvalue weighted by molar-refractivity contribution is 7.10. The Kier molecular flexibility index (Phi) is 1.35. The van der Waals surface area contributed by atoms with E-state index < -0.39 is 0 Å². The molecule has 0 saturated heterocycles. The van der Waals surface area contributed by atoms with Crippen LogP contribution in [0.15, 0.2) is 5.51 Å². The number of hydrogen-bond donors (Lipinski definition) is 1. The Bertz CT molecular complexity index is 235. The summed E-state index contributed by atoms with van der Waals surface area (Å²) in [6, 6.07) is 0. The van der Waals surface area contributed by atoms with Gasteiger partial charge in [0.2, 0.25) is 5.88 Å². The van der Waals surface area contributed by atoms with E-state index in [1.165, 1.54) is 11.3 Å². The van der Waals surface area contributed by atoms with Gasteiger partial charge in [0.1, 0.15) is 0 Å². The van der Waals surface area contributed by atoms with Crippen LogP contribution < -0.4 is 4.74 Å². The number of fused-ring (bicyclic) bond motifs is 1. The second-order valence-corrected chi connectivity index (χ2v) is 3.06. The fourth-order valence-corrected chi connectivity index (χ4v) is 1.72. The molecule has 4 heteroatoms. The van der Waals surface area contributed by atoms with Crippen molar-refractivity contribution < 1.29 is 9.84 Å². The van der Waals surface area contributed by atoms with Gasteiger partial charge in [0.15, 0.2) is 0 Å². The van der Waals surface area contributed by atoms with E-state index in [0.717, 1.165) is 4.88 Å². The monoisotopic (exact) mass is 157 g/mol. The summed E-state index contributed by atoms with van der Waals surface area (Å²) in [6.07, 6.45) is 0.339. The maximum atomic E-state index is 9.34. The number of aromatic nitrogens is 1. The first-order valence-electron chi connectivity index (χ1n) is 3.12. The Morgan fingerprint density at radius 1 is 1.80 bits per heavy atom. The van der Waals surface area contributed by atoms with Crippen LogP contribution in [0.2, 0.25) is 0 Å². The lowest BCUT2D eigenvalue weighted by molar-refractivity contribution is 0.117. The summed E-state index contributed by atoms with van der Waals surface area (Å²) in [4.78, 5) is 4.81. The van der Waals surface area contributed by atoms with E-state index in [4.69, 9.17) is 4.74 Å².